The molecule has 0 bridgehead atoms. The van der Waals surface area contributed by atoms with E-state index in [0.29, 0.717) is 11.3 Å². The quantitative estimate of drug-likeness (QED) is 0.800. The molecule has 0 saturated heterocycles. The highest BCUT2D eigenvalue weighted by atomic mass is 16.5. The van der Waals surface area contributed by atoms with Gasteiger partial charge < -0.3 is 4.74 Å². The van der Waals surface area contributed by atoms with Crippen LogP contribution in [0.3, 0.4) is 0 Å². The van der Waals surface area contributed by atoms with Crippen molar-refractivity contribution in [3.63, 3.8) is 0 Å². The summed E-state index contributed by atoms with van der Waals surface area (Å²) in [5.74, 6) is 0.651. The van der Waals surface area contributed by atoms with E-state index < -0.39 is 0 Å². The van der Waals surface area contributed by atoms with Crippen LogP contribution in [0.2, 0.25) is 0 Å². The predicted molar refractivity (Wildman–Crippen MR) is 73.5 cm³/mol. The fourth-order valence-corrected chi connectivity index (χ4v) is 1.68. The van der Waals surface area contributed by atoms with Crippen molar-refractivity contribution in [2.45, 2.75) is 39.3 Å². The van der Waals surface area contributed by atoms with Crippen molar-refractivity contribution in [3.05, 3.63) is 29.3 Å². The Labute approximate surface area is 110 Å². The monoisotopic (exact) mass is 246 g/mol. The highest BCUT2D eigenvalue weighted by Gasteiger charge is 2.21. The third-order valence-electron chi connectivity index (χ3n) is 3.70. The lowest BCUT2D eigenvalue weighted by Crippen LogP contribution is -2.39. The summed E-state index contributed by atoms with van der Waals surface area (Å²) in [6.07, 6.45) is 1.09. The van der Waals surface area contributed by atoms with Gasteiger partial charge in [-0.1, -0.05) is 13.0 Å². The second kappa shape index (κ2) is 5.88. The van der Waals surface area contributed by atoms with Crippen molar-refractivity contribution in [3.8, 4) is 11.8 Å². The molecule has 0 atom stereocenters. The molecule has 1 aromatic carbocycles. The SMILES string of the molecule is CCC(C)(C)N(C)Cc1ccc(C#N)c(OC)c1. The normalized spacial score (nSPS) is 11.4. The molecule has 0 aliphatic heterocycles. The van der Waals surface area contributed by atoms with Crippen LogP contribution in [0.4, 0.5) is 0 Å². The Morgan fingerprint density at radius 2 is 2.06 bits per heavy atom. The third-order valence-corrected chi connectivity index (χ3v) is 3.70. The van der Waals surface area contributed by atoms with E-state index in [0.717, 1.165) is 18.5 Å². The van der Waals surface area contributed by atoms with Crippen molar-refractivity contribution < 1.29 is 4.74 Å². The first-order valence-corrected chi connectivity index (χ1v) is 6.23. The highest BCUT2D eigenvalue weighted by Crippen LogP contribution is 2.23. The first-order chi connectivity index (χ1) is 8.44. The van der Waals surface area contributed by atoms with Gasteiger partial charge in [0.15, 0.2) is 0 Å². The molecule has 18 heavy (non-hydrogen) atoms. The molecule has 0 aromatic heterocycles. The largest absolute Gasteiger partial charge is 0.495 e. The number of hydrogen-bond donors (Lipinski definition) is 0. The molecule has 98 valence electrons. The number of methoxy groups -OCH3 is 1. The molecular weight excluding hydrogens is 224 g/mol. The average molecular weight is 246 g/mol. The van der Waals surface area contributed by atoms with E-state index in [4.69, 9.17) is 10.00 Å². The molecule has 0 unspecified atom stereocenters. The van der Waals surface area contributed by atoms with Gasteiger partial charge in [0.2, 0.25) is 0 Å². The van der Waals surface area contributed by atoms with Crippen LogP contribution in [-0.2, 0) is 6.54 Å². The molecule has 0 spiro atoms. The molecule has 0 amide bonds. The fourth-order valence-electron chi connectivity index (χ4n) is 1.68. The molecule has 0 saturated carbocycles. The van der Waals surface area contributed by atoms with Gasteiger partial charge in [0.25, 0.3) is 0 Å². The molecule has 1 rings (SSSR count). The topological polar surface area (TPSA) is 36.3 Å². The third kappa shape index (κ3) is 3.24. The molecule has 3 nitrogen and oxygen atoms in total. The molecule has 0 aliphatic rings. The van der Waals surface area contributed by atoms with Crippen LogP contribution in [0, 0.1) is 11.3 Å². The summed E-state index contributed by atoms with van der Waals surface area (Å²) in [7, 11) is 3.72. The van der Waals surface area contributed by atoms with E-state index in [1.165, 1.54) is 0 Å². The Morgan fingerprint density at radius 3 is 2.56 bits per heavy atom. The van der Waals surface area contributed by atoms with E-state index in [1.807, 2.05) is 18.2 Å². The lowest BCUT2D eigenvalue weighted by molar-refractivity contribution is 0.143. The van der Waals surface area contributed by atoms with Crippen LogP contribution in [0.15, 0.2) is 18.2 Å². The first-order valence-electron chi connectivity index (χ1n) is 6.23. The van der Waals surface area contributed by atoms with Crippen LogP contribution in [0.5, 0.6) is 5.75 Å². The molecule has 0 heterocycles. The lowest BCUT2D eigenvalue weighted by Gasteiger charge is -2.34. The van der Waals surface area contributed by atoms with Gasteiger partial charge in [0.1, 0.15) is 11.8 Å². The van der Waals surface area contributed by atoms with Crippen molar-refractivity contribution in [1.29, 1.82) is 5.26 Å². The van der Waals surface area contributed by atoms with Crippen LogP contribution in [-0.4, -0.2) is 24.6 Å². The zero-order valence-corrected chi connectivity index (χ0v) is 11.9. The van der Waals surface area contributed by atoms with Gasteiger partial charge in [-0.25, -0.2) is 0 Å². The standard InChI is InChI=1S/C15H22N2O/c1-6-15(2,3)17(4)11-12-7-8-13(10-16)14(9-12)18-5/h7-9H,6,11H2,1-5H3. The average Bonchev–Trinajstić information content (AvgIpc) is 2.38. The van der Waals surface area contributed by atoms with Crippen LogP contribution in [0.1, 0.15) is 38.3 Å². The molecule has 3 heteroatoms. The predicted octanol–water partition coefficient (Wildman–Crippen LogP) is 3.19. The molecular formula is C15H22N2O. The Balaban J connectivity index is 2.90. The number of nitrogens with zero attached hydrogens (tertiary/aromatic N) is 2. The van der Waals surface area contributed by atoms with Gasteiger partial charge in [0, 0.05) is 12.1 Å². The summed E-state index contributed by atoms with van der Waals surface area (Å²) in [6.45, 7) is 7.50. The van der Waals surface area contributed by atoms with Gasteiger partial charge in [-0.05, 0) is 45.0 Å². The first kappa shape index (κ1) is 14.5. The maximum atomic E-state index is 8.95. The second-order valence-electron chi connectivity index (χ2n) is 5.17. The number of ether oxygens (including phenoxy) is 1. The van der Waals surface area contributed by atoms with Crippen molar-refractivity contribution in [2.75, 3.05) is 14.2 Å². The van der Waals surface area contributed by atoms with E-state index in [2.05, 4.69) is 38.8 Å². The van der Waals surface area contributed by atoms with Crippen LogP contribution < -0.4 is 4.74 Å². The van der Waals surface area contributed by atoms with Crippen molar-refractivity contribution >= 4 is 0 Å². The number of hydrogen-bond acceptors (Lipinski definition) is 3. The van der Waals surface area contributed by atoms with Crippen LogP contribution in [0.25, 0.3) is 0 Å². The molecule has 1 aromatic rings. The summed E-state index contributed by atoms with van der Waals surface area (Å²) in [5, 5.41) is 8.95. The minimum Gasteiger partial charge on any atom is -0.495 e. The molecule has 0 fully saturated rings. The highest BCUT2D eigenvalue weighted by molar-refractivity contribution is 5.45. The van der Waals surface area contributed by atoms with E-state index in [-0.39, 0.29) is 5.54 Å². The summed E-state index contributed by atoms with van der Waals surface area (Å²) >= 11 is 0. The van der Waals surface area contributed by atoms with Gasteiger partial charge in [-0.15, -0.1) is 0 Å². The zero-order valence-electron chi connectivity index (χ0n) is 11.9. The Kier molecular flexibility index (Phi) is 4.75. The molecule has 0 radical (unpaired) electrons. The molecule has 0 aliphatic carbocycles. The number of benzene rings is 1. The lowest BCUT2D eigenvalue weighted by atomic mass is 9.99. The Bertz CT molecular complexity index is 446. The minimum atomic E-state index is 0.168. The Hall–Kier alpha value is -1.53. The fraction of sp³-hybridized carbons (Fsp3) is 0.533. The van der Waals surface area contributed by atoms with Gasteiger partial charge in [-0.2, -0.15) is 5.26 Å². The van der Waals surface area contributed by atoms with Gasteiger partial charge in [0.05, 0.1) is 12.7 Å². The maximum Gasteiger partial charge on any atom is 0.136 e. The van der Waals surface area contributed by atoms with Crippen molar-refractivity contribution in [2.24, 2.45) is 0 Å². The van der Waals surface area contributed by atoms with E-state index >= 15 is 0 Å². The number of rotatable bonds is 5. The summed E-state index contributed by atoms with van der Waals surface area (Å²) in [4.78, 5) is 2.31. The Morgan fingerprint density at radius 1 is 1.39 bits per heavy atom. The number of nitriles is 1. The van der Waals surface area contributed by atoms with Crippen molar-refractivity contribution in [1.82, 2.24) is 4.90 Å². The maximum absolute atomic E-state index is 8.95. The zero-order chi connectivity index (χ0) is 13.8. The van der Waals surface area contributed by atoms with E-state index in [1.54, 1.807) is 7.11 Å². The van der Waals surface area contributed by atoms with Gasteiger partial charge >= 0.3 is 0 Å². The van der Waals surface area contributed by atoms with Gasteiger partial charge in [-0.3, -0.25) is 4.90 Å². The van der Waals surface area contributed by atoms with E-state index in [9.17, 15) is 0 Å². The minimum absolute atomic E-state index is 0.168. The smallest absolute Gasteiger partial charge is 0.136 e. The second-order valence-corrected chi connectivity index (χ2v) is 5.17. The van der Waals surface area contributed by atoms with Crippen LogP contribution >= 0.6 is 0 Å². The summed E-state index contributed by atoms with van der Waals surface area (Å²) in [6, 6.07) is 7.88. The molecule has 0 N–H and O–H groups in total. The summed E-state index contributed by atoms with van der Waals surface area (Å²) < 4.78 is 5.23. The summed E-state index contributed by atoms with van der Waals surface area (Å²) in [5.41, 5.74) is 1.91.